The molecule has 1 amide bonds. The summed E-state index contributed by atoms with van der Waals surface area (Å²) in [6, 6.07) is 11.3. The molecular weight excluding hydrogens is 438 g/mol. The van der Waals surface area contributed by atoms with Gasteiger partial charge in [0.15, 0.2) is 11.5 Å². The maximum absolute atomic E-state index is 12.3. The number of nitro groups is 1. The molecule has 0 saturated heterocycles. The molecule has 0 aromatic heterocycles. The number of benzene rings is 2. The van der Waals surface area contributed by atoms with Crippen LogP contribution in [0.4, 0.5) is 11.4 Å². The molecule has 0 bridgehead atoms. The van der Waals surface area contributed by atoms with Gasteiger partial charge in [0.1, 0.15) is 12.7 Å². The topological polar surface area (TPSA) is 128 Å². The first-order valence-corrected chi connectivity index (χ1v) is 11.9. The number of ether oxygens (including phenoxy) is 2. The zero-order valence-electron chi connectivity index (χ0n) is 17.8. The van der Waals surface area contributed by atoms with Gasteiger partial charge in [0, 0.05) is 25.1 Å². The van der Waals surface area contributed by atoms with E-state index in [0.29, 0.717) is 23.7 Å². The second-order valence-corrected chi connectivity index (χ2v) is 9.38. The Labute approximate surface area is 186 Å². The van der Waals surface area contributed by atoms with E-state index in [1.807, 2.05) is 12.1 Å². The number of fused-ring (bicyclic) bond motifs is 1. The molecule has 2 aromatic rings. The highest BCUT2D eigenvalue weighted by Crippen LogP contribution is 2.31. The summed E-state index contributed by atoms with van der Waals surface area (Å²) in [6.45, 7) is 2.26. The summed E-state index contributed by atoms with van der Waals surface area (Å²) in [4.78, 5) is 22.7. The van der Waals surface area contributed by atoms with E-state index in [-0.39, 0.29) is 49.3 Å². The van der Waals surface area contributed by atoms with Gasteiger partial charge in [-0.3, -0.25) is 19.2 Å². The minimum Gasteiger partial charge on any atom is -0.486 e. The zero-order valence-corrected chi connectivity index (χ0v) is 18.6. The molecule has 1 aliphatic heterocycles. The highest BCUT2D eigenvalue weighted by atomic mass is 32.2. The van der Waals surface area contributed by atoms with Gasteiger partial charge < -0.3 is 14.8 Å². The maximum Gasteiger partial charge on any atom is 0.271 e. The number of hydrogen-bond donors (Lipinski definition) is 1. The van der Waals surface area contributed by atoms with Crippen LogP contribution < -0.4 is 19.1 Å². The van der Waals surface area contributed by atoms with E-state index in [0.717, 1.165) is 10.6 Å². The number of anilines is 1. The van der Waals surface area contributed by atoms with Crippen molar-refractivity contribution < 1.29 is 27.6 Å². The number of sulfonamides is 1. The molecule has 0 saturated carbocycles. The van der Waals surface area contributed by atoms with Crippen molar-refractivity contribution >= 4 is 27.3 Å². The number of carbonyl (C=O) groups is 1. The molecule has 1 N–H and O–H groups in total. The van der Waals surface area contributed by atoms with Crippen molar-refractivity contribution in [2.75, 3.05) is 30.3 Å². The second-order valence-electron chi connectivity index (χ2n) is 7.47. The number of non-ortho nitro benzene ring substituents is 1. The Kier molecular flexibility index (Phi) is 7.18. The van der Waals surface area contributed by atoms with Crippen LogP contribution in [0.5, 0.6) is 11.5 Å². The van der Waals surface area contributed by atoms with Crippen LogP contribution in [0, 0.1) is 17.0 Å². The molecule has 11 heteroatoms. The van der Waals surface area contributed by atoms with Gasteiger partial charge >= 0.3 is 0 Å². The van der Waals surface area contributed by atoms with E-state index < -0.39 is 14.9 Å². The maximum atomic E-state index is 12.3. The Morgan fingerprint density at radius 2 is 1.97 bits per heavy atom. The molecule has 3 rings (SSSR count). The SMILES string of the molecule is Cc1ccc([N+](=O)[O-])cc1N(CCCC(=O)NCC1COc2ccccc2O1)S(C)(=O)=O. The normalized spacial score (nSPS) is 15.1. The van der Waals surface area contributed by atoms with Crippen molar-refractivity contribution in [3.05, 3.63) is 58.1 Å². The zero-order chi connectivity index (χ0) is 23.3. The predicted octanol–water partition coefficient (Wildman–Crippen LogP) is 2.41. The highest BCUT2D eigenvalue weighted by molar-refractivity contribution is 7.92. The lowest BCUT2D eigenvalue weighted by molar-refractivity contribution is -0.384. The minimum absolute atomic E-state index is 0.0185. The van der Waals surface area contributed by atoms with Crippen LogP contribution in [0.3, 0.4) is 0 Å². The fraction of sp³-hybridized carbons (Fsp3) is 0.381. The first-order valence-electron chi connectivity index (χ1n) is 10.0. The standard InChI is InChI=1S/C21H25N3O7S/c1-15-9-10-16(24(26)27)12-18(15)23(32(2,28)29)11-5-8-21(25)22-13-17-14-30-19-6-3-4-7-20(19)31-17/h3-4,6-7,9-10,12,17H,5,8,11,13-14H2,1-2H3,(H,22,25). The molecule has 1 unspecified atom stereocenters. The van der Waals surface area contributed by atoms with E-state index in [1.54, 1.807) is 19.1 Å². The third kappa shape index (κ3) is 5.88. The first kappa shape index (κ1) is 23.3. The number of amides is 1. The van der Waals surface area contributed by atoms with Gasteiger partial charge in [0.2, 0.25) is 15.9 Å². The largest absolute Gasteiger partial charge is 0.486 e. The molecule has 32 heavy (non-hydrogen) atoms. The number of para-hydroxylation sites is 2. The van der Waals surface area contributed by atoms with Crippen LogP contribution in [-0.4, -0.2) is 51.3 Å². The third-order valence-corrected chi connectivity index (χ3v) is 6.11. The lowest BCUT2D eigenvalue weighted by Crippen LogP contribution is -2.41. The molecule has 1 heterocycles. The van der Waals surface area contributed by atoms with Gasteiger partial charge in [-0.1, -0.05) is 18.2 Å². The van der Waals surface area contributed by atoms with E-state index in [2.05, 4.69) is 5.32 Å². The van der Waals surface area contributed by atoms with Crippen molar-refractivity contribution in [1.82, 2.24) is 5.32 Å². The number of carbonyl (C=O) groups excluding carboxylic acids is 1. The summed E-state index contributed by atoms with van der Waals surface area (Å²) in [6.07, 6.45) is 1.04. The second kappa shape index (κ2) is 9.86. The Morgan fingerprint density at radius 1 is 1.25 bits per heavy atom. The summed E-state index contributed by atoms with van der Waals surface area (Å²) in [5.41, 5.74) is 0.613. The number of nitrogens with zero attached hydrogens (tertiary/aromatic N) is 2. The summed E-state index contributed by atoms with van der Waals surface area (Å²) < 4.78 is 37.1. The fourth-order valence-corrected chi connectivity index (χ4v) is 4.32. The van der Waals surface area contributed by atoms with Gasteiger partial charge in [-0.15, -0.1) is 0 Å². The number of nitro benzene ring substituents is 1. The first-order chi connectivity index (χ1) is 15.1. The van der Waals surface area contributed by atoms with Gasteiger partial charge in [-0.25, -0.2) is 8.42 Å². The van der Waals surface area contributed by atoms with Gasteiger partial charge in [-0.2, -0.15) is 0 Å². The van der Waals surface area contributed by atoms with Crippen molar-refractivity contribution in [2.24, 2.45) is 0 Å². The van der Waals surface area contributed by atoms with E-state index in [9.17, 15) is 23.3 Å². The van der Waals surface area contributed by atoms with Crippen molar-refractivity contribution in [3.63, 3.8) is 0 Å². The van der Waals surface area contributed by atoms with Crippen molar-refractivity contribution in [2.45, 2.75) is 25.9 Å². The monoisotopic (exact) mass is 463 g/mol. The highest BCUT2D eigenvalue weighted by Gasteiger charge is 2.23. The third-order valence-electron chi connectivity index (χ3n) is 4.93. The summed E-state index contributed by atoms with van der Waals surface area (Å²) >= 11 is 0. The van der Waals surface area contributed by atoms with Crippen LogP contribution in [0.2, 0.25) is 0 Å². The van der Waals surface area contributed by atoms with E-state index >= 15 is 0 Å². The molecular formula is C21H25N3O7S. The van der Waals surface area contributed by atoms with Crippen LogP contribution in [0.25, 0.3) is 0 Å². The summed E-state index contributed by atoms with van der Waals surface area (Å²) in [5.74, 6) is 1.03. The van der Waals surface area contributed by atoms with Gasteiger partial charge in [-0.05, 0) is 31.0 Å². The Balaban J connectivity index is 1.54. The van der Waals surface area contributed by atoms with Crippen molar-refractivity contribution in [3.8, 4) is 11.5 Å². The molecule has 1 atom stereocenters. The Hall–Kier alpha value is -3.34. The van der Waals surface area contributed by atoms with Crippen LogP contribution in [0.1, 0.15) is 18.4 Å². The molecule has 0 fully saturated rings. The van der Waals surface area contributed by atoms with Crippen molar-refractivity contribution in [1.29, 1.82) is 0 Å². The number of nitrogens with one attached hydrogen (secondary N) is 1. The lowest BCUT2D eigenvalue weighted by Gasteiger charge is -2.26. The average molecular weight is 464 g/mol. The fourth-order valence-electron chi connectivity index (χ4n) is 3.31. The number of aryl methyl sites for hydroxylation is 1. The summed E-state index contributed by atoms with van der Waals surface area (Å²) in [7, 11) is -3.70. The van der Waals surface area contributed by atoms with Gasteiger partial charge in [0.05, 0.1) is 23.4 Å². The van der Waals surface area contributed by atoms with Crippen LogP contribution >= 0.6 is 0 Å². The quantitative estimate of drug-likeness (QED) is 0.447. The molecule has 10 nitrogen and oxygen atoms in total. The molecule has 172 valence electrons. The molecule has 0 aliphatic carbocycles. The van der Waals surface area contributed by atoms with E-state index in [1.165, 1.54) is 18.2 Å². The number of hydrogen-bond acceptors (Lipinski definition) is 7. The minimum atomic E-state index is -3.70. The van der Waals surface area contributed by atoms with Gasteiger partial charge in [0.25, 0.3) is 5.69 Å². The number of rotatable bonds is 9. The molecule has 0 radical (unpaired) electrons. The smallest absolute Gasteiger partial charge is 0.271 e. The van der Waals surface area contributed by atoms with Crippen LogP contribution in [0.15, 0.2) is 42.5 Å². The lowest BCUT2D eigenvalue weighted by atomic mass is 10.1. The Morgan fingerprint density at radius 3 is 2.66 bits per heavy atom. The molecule has 1 aliphatic rings. The average Bonchev–Trinajstić information content (AvgIpc) is 2.75. The van der Waals surface area contributed by atoms with Crippen LogP contribution in [-0.2, 0) is 14.8 Å². The Bertz CT molecular complexity index is 1100. The van der Waals surface area contributed by atoms with E-state index in [4.69, 9.17) is 9.47 Å². The summed E-state index contributed by atoms with van der Waals surface area (Å²) in [5, 5.41) is 13.8. The predicted molar refractivity (Wildman–Crippen MR) is 119 cm³/mol. The molecule has 0 spiro atoms. The molecule has 2 aromatic carbocycles.